The summed E-state index contributed by atoms with van der Waals surface area (Å²) in [6.45, 7) is 21.6. The Labute approximate surface area is 260 Å². The Morgan fingerprint density at radius 2 is 1.72 bits per heavy atom. The quantitative estimate of drug-likeness (QED) is 0.125. The normalized spacial score (nSPS) is 12.7. The molecule has 2 aromatic carbocycles. The lowest BCUT2D eigenvalue weighted by Gasteiger charge is -2.29. The summed E-state index contributed by atoms with van der Waals surface area (Å²) in [4.78, 5) is 2.30. The van der Waals surface area contributed by atoms with E-state index < -0.39 is 5.83 Å². The second kappa shape index (κ2) is 22.3. The summed E-state index contributed by atoms with van der Waals surface area (Å²) in [5.41, 5.74) is 5.47. The van der Waals surface area contributed by atoms with Crippen molar-refractivity contribution in [2.24, 2.45) is 0 Å². The van der Waals surface area contributed by atoms with Crippen LogP contribution in [0.3, 0.4) is 0 Å². The van der Waals surface area contributed by atoms with Gasteiger partial charge in [-0.1, -0.05) is 71.6 Å². The molecular formula is C37H56F3N2O+. The number of halogens is 3. The van der Waals surface area contributed by atoms with Crippen LogP contribution >= 0.6 is 0 Å². The third-order valence-corrected chi connectivity index (χ3v) is 7.51. The first-order valence-electron chi connectivity index (χ1n) is 15.5. The van der Waals surface area contributed by atoms with E-state index in [-0.39, 0.29) is 24.2 Å². The maximum absolute atomic E-state index is 13.5. The van der Waals surface area contributed by atoms with Crippen molar-refractivity contribution >= 4 is 17.5 Å². The number of hydrogen-bond acceptors (Lipinski definition) is 2. The second-order valence-electron chi connectivity index (χ2n) is 10.1. The van der Waals surface area contributed by atoms with Gasteiger partial charge in [0.25, 0.3) is 0 Å². The van der Waals surface area contributed by atoms with Crippen molar-refractivity contribution in [1.82, 2.24) is 0 Å². The van der Waals surface area contributed by atoms with Gasteiger partial charge in [0.2, 0.25) is 0 Å². The van der Waals surface area contributed by atoms with Crippen LogP contribution in [0.4, 0.5) is 24.5 Å². The Morgan fingerprint density at radius 3 is 2.19 bits per heavy atom. The van der Waals surface area contributed by atoms with Gasteiger partial charge in [-0.05, 0) is 69.9 Å². The number of alkyl halides is 1. The van der Waals surface area contributed by atoms with E-state index in [9.17, 15) is 13.2 Å². The van der Waals surface area contributed by atoms with Crippen molar-refractivity contribution in [3.63, 3.8) is 0 Å². The van der Waals surface area contributed by atoms with Crippen LogP contribution in [0.2, 0.25) is 0 Å². The van der Waals surface area contributed by atoms with Crippen LogP contribution in [0.5, 0.6) is 5.75 Å². The molecule has 3 nitrogen and oxygen atoms in total. The van der Waals surface area contributed by atoms with Crippen LogP contribution in [0, 0.1) is 0 Å². The molecular weight excluding hydrogens is 545 g/mol. The van der Waals surface area contributed by atoms with Crippen LogP contribution in [0.15, 0.2) is 78.9 Å². The lowest BCUT2D eigenvalue weighted by Crippen LogP contribution is -2.79. The number of hydrogen-bond donors (Lipinski definition) is 1. The molecule has 0 saturated carbocycles. The number of aryl methyl sites for hydroxylation is 1. The fourth-order valence-corrected chi connectivity index (χ4v) is 4.56. The summed E-state index contributed by atoms with van der Waals surface area (Å²) in [6.07, 6.45) is 10.4. The van der Waals surface area contributed by atoms with Gasteiger partial charge in [-0.2, -0.15) is 0 Å². The number of benzene rings is 2. The first kappa shape index (κ1) is 39.8. The standard InChI is InChI=1S/C31H42F2N2O.C4H7F.C2H6/c1-8-24-14-17-29(34-22-26(21-32)23(5)33)28(19-24)31(6,9-2)18-12-13-25-15-16-27(20-30(25)36-7)35(10-3)11-4;1-2-3-4-5;1-2/h12-17,19-21,34H,5,8-11,18,22H2,1-4,6-7H3;2-3H,4H2,1H3;1-2H3/p+1/b13-12+,26-21+;3-2-;. The number of nitrogens with two attached hydrogens (primary N) is 1. The highest BCUT2D eigenvalue weighted by Gasteiger charge is 2.28. The number of ether oxygens (including phenoxy) is 1. The van der Waals surface area contributed by atoms with Crippen molar-refractivity contribution in [2.75, 3.05) is 38.3 Å². The summed E-state index contributed by atoms with van der Waals surface area (Å²) in [5.74, 6) is 0.121. The lowest BCUT2D eigenvalue weighted by atomic mass is 9.75. The molecule has 0 aliphatic carbocycles. The van der Waals surface area contributed by atoms with Gasteiger partial charge in [0, 0.05) is 41.4 Å². The zero-order valence-electron chi connectivity index (χ0n) is 28.1. The van der Waals surface area contributed by atoms with Gasteiger partial charge in [-0.3, -0.25) is 0 Å². The molecule has 240 valence electrons. The number of allylic oxidation sites excluding steroid dienone is 3. The van der Waals surface area contributed by atoms with Crippen LogP contribution in [-0.4, -0.2) is 33.4 Å². The Morgan fingerprint density at radius 1 is 1.05 bits per heavy atom. The van der Waals surface area contributed by atoms with E-state index in [1.807, 2.05) is 19.2 Å². The molecule has 6 heteroatoms. The molecule has 0 fully saturated rings. The summed E-state index contributed by atoms with van der Waals surface area (Å²) in [6, 6.07) is 12.7. The molecule has 0 spiro atoms. The largest absolute Gasteiger partial charge is 0.496 e. The van der Waals surface area contributed by atoms with Crippen molar-refractivity contribution in [2.45, 2.75) is 80.1 Å². The van der Waals surface area contributed by atoms with Gasteiger partial charge in [0.05, 0.1) is 19.0 Å². The SMILES string of the molecule is C/C=C\CF.C=C(F)/C(=C/F)C[NH2+]c1ccc(CC)cc1C(C)(CC)C/C=C/c1ccc(N(CC)CC)cc1OC.CC. The van der Waals surface area contributed by atoms with Gasteiger partial charge >= 0.3 is 0 Å². The number of rotatable bonds is 15. The Kier molecular flexibility index (Phi) is 20.6. The van der Waals surface area contributed by atoms with Crippen LogP contribution in [0.25, 0.3) is 6.08 Å². The molecule has 0 aromatic heterocycles. The van der Waals surface area contributed by atoms with Crippen molar-refractivity contribution in [3.05, 3.63) is 95.6 Å². The number of nitrogens with zero attached hydrogens (tertiary/aromatic N) is 1. The van der Waals surface area contributed by atoms with Gasteiger partial charge in [-0.15, -0.1) is 0 Å². The summed E-state index contributed by atoms with van der Waals surface area (Å²) >= 11 is 0. The minimum absolute atomic E-state index is 0.0288. The van der Waals surface area contributed by atoms with Gasteiger partial charge in [0.15, 0.2) is 0 Å². The van der Waals surface area contributed by atoms with E-state index in [1.54, 1.807) is 20.1 Å². The van der Waals surface area contributed by atoms with Crippen molar-refractivity contribution in [3.8, 4) is 5.75 Å². The fraction of sp³-hybridized carbons (Fsp3) is 0.459. The lowest BCUT2D eigenvalue weighted by molar-refractivity contribution is -0.563. The molecule has 0 aliphatic heterocycles. The summed E-state index contributed by atoms with van der Waals surface area (Å²) < 4.78 is 43.3. The molecule has 1 unspecified atom stereocenters. The molecule has 0 amide bonds. The van der Waals surface area contributed by atoms with Gasteiger partial charge in [-0.25, -0.2) is 13.2 Å². The monoisotopic (exact) mass is 601 g/mol. The Bertz CT molecular complexity index is 1170. The number of methoxy groups -OCH3 is 1. The van der Waals surface area contributed by atoms with E-state index in [2.05, 4.69) is 94.6 Å². The van der Waals surface area contributed by atoms with Gasteiger partial charge < -0.3 is 15.0 Å². The first-order chi connectivity index (χ1) is 20.7. The highest BCUT2D eigenvalue weighted by Crippen LogP contribution is 2.36. The molecule has 43 heavy (non-hydrogen) atoms. The average molecular weight is 602 g/mol. The Hall–Kier alpha value is -3.25. The third-order valence-electron chi connectivity index (χ3n) is 7.51. The smallest absolute Gasteiger partial charge is 0.133 e. The minimum Gasteiger partial charge on any atom is -0.496 e. The maximum Gasteiger partial charge on any atom is 0.133 e. The number of quaternary nitrogens is 1. The van der Waals surface area contributed by atoms with E-state index in [0.717, 1.165) is 55.0 Å². The second-order valence-corrected chi connectivity index (χ2v) is 10.1. The molecule has 0 bridgehead atoms. The van der Waals surface area contributed by atoms with E-state index in [1.165, 1.54) is 17.2 Å². The van der Waals surface area contributed by atoms with Crippen molar-refractivity contribution < 1.29 is 23.2 Å². The number of anilines is 1. The molecule has 0 saturated heterocycles. The molecule has 0 heterocycles. The summed E-state index contributed by atoms with van der Waals surface area (Å²) in [5, 5.41) is 1.90. The highest BCUT2D eigenvalue weighted by atomic mass is 19.1. The zero-order chi connectivity index (χ0) is 32.8. The fourth-order valence-electron chi connectivity index (χ4n) is 4.56. The average Bonchev–Trinajstić information content (AvgIpc) is 3.03. The molecule has 2 N–H and O–H groups in total. The first-order valence-corrected chi connectivity index (χ1v) is 15.5. The van der Waals surface area contributed by atoms with Crippen LogP contribution in [0.1, 0.15) is 84.9 Å². The minimum atomic E-state index is -0.734. The van der Waals surface area contributed by atoms with E-state index in [4.69, 9.17) is 4.74 Å². The Balaban J connectivity index is 0.00000227. The van der Waals surface area contributed by atoms with Crippen molar-refractivity contribution in [1.29, 1.82) is 0 Å². The maximum atomic E-state index is 13.5. The topological polar surface area (TPSA) is 29.1 Å². The zero-order valence-corrected chi connectivity index (χ0v) is 28.1. The van der Waals surface area contributed by atoms with E-state index >= 15 is 0 Å². The highest BCUT2D eigenvalue weighted by molar-refractivity contribution is 5.64. The molecule has 2 rings (SSSR count). The molecule has 0 radical (unpaired) electrons. The summed E-state index contributed by atoms with van der Waals surface area (Å²) in [7, 11) is 1.71. The molecule has 0 aliphatic rings. The third kappa shape index (κ3) is 12.9. The van der Waals surface area contributed by atoms with Crippen LogP contribution in [-0.2, 0) is 11.8 Å². The predicted octanol–water partition coefficient (Wildman–Crippen LogP) is 9.96. The van der Waals surface area contributed by atoms with E-state index in [0.29, 0.717) is 6.33 Å². The predicted molar refractivity (Wildman–Crippen MR) is 182 cm³/mol. The van der Waals surface area contributed by atoms with Crippen LogP contribution < -0.4 is 15.0 Å². The molecule has 2 aromatic rings. The van der Waals surface area contributed by atoms with Gasteiger partial charge in [0.1, 0.15) is 30.5 Å². The molecule has 1 atom stereocenters.